The van der Waals surface area contributed by atoms with Gasteiger partial charge < -0.3 is 11.1 Å². The number of carbonyl (C=O) groups excluding carboxylic acids is 1. The number of hydrogen-bond donors (Lipinski definition) is 2. The Hall–Kier alpha value is -1.94. The van der Waals surface area contributed by atoms with Crippen molar-refractivity contribution in [3.63, 3.8) is 0 Å². The predicted octanol–water partition coefficient (Wildman–Crippen LogP) is 2.94. The van der Waals surface area contributed by atoms with E-state index in [1.54, 1.807) is 6.20 Å². The Labute approximate surface area is 119 Å². The van der Waals surface area contributed by atoms with E-state index in [4.69, 9.17) is 5.73 Å². The Kier molecular flexibility index (Phi) is 4.69. The quantitative estimate of drug-likeness (QED) is 0.878. The number of pyridine rings is 1. The molecule has 0 saturated heterocycles. The Morgan fingerprint density at radius 1 is 1.30 bits per heavy atom. The van der Waals surface area contributed by atoms with Gasteiger partial charge >= 0.3 is 0 Å². The summed E-state index contributed by atoms with van der Waals surface area (Å²) >= 11 is 0. The number of nitrogens with two attached hydrogens (primary N) is 1. The molecule has 1 aromatic heterocycles. The third kappa shape index (κ3) is 3.78. The molecule has 0 radical (unpaired) electrons. The number of rotatable bonds is 5. The van der Waals surface area contributed by atoms with Crippen LogP contribution in [0.5, 0.6) is 0 Å². The normalized spacial score (nSPS) is 12.6. The van der Waals surface area contributed by atoms with Crippen LogP contribution >= 0.6 is 0 Å². The van der Waals surface area contributed by atoms with Gasteiger partial charge in [-0.2, -0.15) is 0 Å². The lowest BCUT2D eigenvalue weighted by Crippen LogP contribution is -2.35. The lowest BCUT2D eigenvalue weighted by molar-refractivity contribution is -0.117. The number of aromatic nitrogens is 1. The maximum absolute atomic E-state index is 12.0. The molecule has 4 nitrogen and oxygen atoms in total. The Balaban J connectivity index is 2.02. The molecule has 0 saturated carbocycles. The zero-order chi connectivity index (χ0) is 14.5. The van der Waals surface area contributed by atoms with Gasteiger partial charge in [-0.05, 0) is 30.9 Å². The molecule has 4 heteroatoms. The molecule has 1 atom stereocenters. The number of anilines is 1. The lowest BCUT2D eigenvalue weighted by Gasteiger charge is -2.13. The van der Waals surface area contributed by atoms with Gasteiger partial charge in [0.05, 0.1) is 23.4 Å². The van der Waals surface area contributed by atoms with Crippen LogP contribution in [-0.2, 0) is 4.79 Å². The molecule has 0 spiro atoms. The van der Waals surface area contributed by atoms with Crippen molar-refractivity contribution in [1.82, 2.24) is 4.98 Å². The van der Waals surface area contributed by atoms with Gasteiger partial charge in [-0.15, -0.1) is 0 Å². The average Bonchev–Trinajstić information content (AvgIpc) is 2.44. The van der Waals surface area contributed by atoms with Crippen LogP contribution in [0.4, 0.5) is 5.69 Å². The highest BCUT2D eigenvalue weighted by Crippen LogP contribution is 2.16. The third-order valence-corrected chi connectivity index (χ3v) is 3.25. The molecule has 0 aliphatic carbocycles. The summed E-state index contributed by atoms with van der Waals surface area (Å²) in [5, 5.41) is 3.83. The summed E-state index contributed by atoms with van der Waals surface area (Å²) in [5.41, 5.74) is 7.49. The van der Waals surface area contributed by atoms with Crippen LogP contribution in [0.3, 0.4) is 0 Å². The predicted molar refractivity (Wildman–Crippen MR) is 82.4 cm³/mol. The molecule has 1 unspecified atom stereocenters. The molecule has 20 heavy (non-hydrogen) atoms. The molecule has 106 valence electrons. The zero-order valence-electron chi connectivity index (χ0n) is 12.0. The SMILES string of the molecule is CC(C)CCC(N)C(=O)Nc1cnc2ccccc2c1. The molecule has 1 amide bonds. The summed E-state index contributed by atoms with van der Waals surface area (Å²) in [7, 11) is 0. The van der Waals surface area contributed by atoms with Gasteiger partial charge in [0.15, 0.2) is 0 Å². The van der Waals surface area contributed by atoms with Crippen molar-refractivity contribution in [2.24, 2.45) is 11.7 Å². The van der Waals surface area contributed by atoms with E-state index in [1.807, 2.05) is 30.3 Å². The second kappa shape index (κ2) is 6.48. The van der Waals surface area contributed by atoms with E-state index in [9.17, 15) is 4.79 Å². The summed E-state index contributed by atoms with van der Waals surface area (Å²) in [6.07, 6.45) is 3.31. The largest absolute Gasteiger partial charge is 0.323 e. The van der Waals surface area contributed by atoms with Crippen LogP contribution in [0.25, 0.3) is 10.9 Å². The highest BCUT2D eigenvalue weighted by atomic mass is 16.2. The van der Waals surface area contributed by atoms with Crippen LogP contribution in [0, 0.1) is 5.92 Å². The fourth-order valence-electron chi connectivity index (χ4n) is 2.02. The van der Waals surface area contributed by atoms with E-state index >= 15 is 0 Å². The first-order valence-corrected chi connectivity index (χ1v) is 6.97. The smallest absolute Gasteiger partial charge is 0.241 e. The number of nitrogens with one attached hydrogen (secondary N) is 1. The van der Waals surface area contributed by atoms with Crippen LogP contribution in [0.2, 0.25) is 0 Å². The van der Waals surface area contributed by atoms with Crippen molar-refractivity contribution in [3.05, 3.63) is 36.5 Å². The van der Waals surface area contributed by atoms with Crippen molar-refractivity contribution in [3.8, 4) is 0 Å². The molecule has 0 aliphatic heterocycles. The fourth-order valence-corrected chi connectivity index (χ4v) is 2.02. The van der Waals surface area contributed by atoms with Crippen molar-refractivity contribution < 1.29 is 4.79 Å². The first kappa shape index (κ1) is 14.5. The van der Waals surface area contributed by atoms with Gasteiger partial charge in [-0.1, -0.05) is 32.0 Å². The van der Waals surface area contributed by atoms with Gasteiger partial charge in [0.25, 0.3) is 0 Å². The van der Waals surface area contributed by atoms with E-state index in [1.165, 1.54) is 0 Å². The summed E-state index contributed by atoms with van der Waals surface area (Å²) in [6.45, 7) is 4.25. The summed E-state index contributed by atoms with van der Waals surface area (Å²) in [5.74, 6) is 0.402. The molecule has 1 heterocycles. The number of fused-ring (bicyclic) bond motifs is 1. The van der Waals surface area contributed by atoms with Crippen LogP contribution in [0.15, 0.2) is 36.5 Å². The first-order valence-electron chi connectivity index (χ1n) is 6.97. The number of para-hydroxylation sites is 1. The third-order valence-electron chi connectivity index (χ3n) is 3.25. The minimum absolute atomic E-state index is 0.150. The zero-order valence-corrected chi connectivity index (χ0v) is 12.0. The maximum atomic E-state index is 12.0. The Morgan fingerprint density at radius 2 is 2.05 bits per heavy atom. The van der Waals surface area contributed by atoms with E-state index in [2.05, 4.69) is 24.1 Å². The molecular formula is C16H21N3O. The highest BCUT2D eigenvalue weighted by molar-refractivity contribution is 5.96. The number of hydrogen-bond acceptors (Lipinski definition) is 3. The van der Waals surface area contributed by atoms with Crippen LogP contribution < -0.4 is 11.1 Å². The van der Waals surface area contributed by atoms with Gasteiger partial charge in [0.2, 0.25) is 5.91 Å². The molecule has 2 aromatic rings. The second-order valence-electron chi connectivity index (χ2n) is 5.48. The molecule has 0 bridgehead atoms. The van der Waals surface area contributed by atoms with Crippen molar-refractivity contribution in [2.45, 2.75) is 32.7 Å². The minimum atomic E-state index is -0.469. The van der Waals surface area contributed by atoms with Gasteiger partial charge in [-0.3, -0.25) is 9.78 Å². The maximum Gasteiger partial charge on any atom is 0.241 e. The van der Waals surface area contributed by atoms with Crippen molar-refractivity contribution >= 4 is 22.5 Å². The van der Waals surface area contributed by atoms with E-state index in [0.717, 1.165) is 17.3 Å². The molecule has 0 aliphatic rings. The molecular weight excluding hydrogens is 250 g/mol. The molecule has 3 N–H and O–H groups in total. The van der Waals surface area contributed by atoms with Crippen LogP contribution in [0.1, 0.15) is 26.7 Å². The van der Waals surface area contributed by atoms with E-state index in [0.29, 0.717) is 18.0 Å². The molecule has 1 aromatic carbocycles. The fraction of sp³-hybridized carbons (Fsp3) is 0.375. The summed E-state index contributed by atoms with van der Waals surface area (Å²) in [6, 6.07) is 9.24. The topological polar surface area (TPSA) is 68.0 Å². The summed E-state index contributed by atoms with van der Waals surface area (Å²) < 4.78 is 0. The van der Waals surface area contributed by atoms with Crippen LogP contribution in [-0.4, -0.2) is 16.9 Å². The number of amides is 1. The number of benzene rings is 1. The highest BCUT2D eigenvalue weighted by Gasteiger charge is 2.14. The molecule has 2 rings (SSSR count). The molecule has 0 fully saturated rings. The van der Waals surface area contributed by atoms with Gasteiger partial charge in [0, 0.05) is 5.39 Å². The standard InChI is InChI=1S/C16H21N3O/c1-11(2)7-8-14(17)16(20)19-13-9-12-5-3-4-6-15(12)18-10-13/h3-6,9-11,14H,7-8,17H2,1-2H3,(H,19,20). The van der Waals surface area contributed by atoms with Gasteiger partial charge in [-0.25, -0.2) is 0 Å². The number of carbonyl (C=O) groups is 1. The first-order chi connectivity index (χ1) is 9.56. The van der Waals surface area contributed by atoms with Crippen molar-refractivity contribution in [1.29, 1.82) is 0 Å². The van der Waals surface area contributed by atoms with E-state index < -0.39 is 6.04 Å². The van der Waals surface area contributed by atoms with Crippen molar-refractivity contribution in [2.75, 3.05) is 5.32 Å². The van der Waals surface area contributed by atoms with E-state index in [-0.39, 0.29) is 5.91 Å². The number of nitrogens with zero attached hydrogens (tertiary/aromatic N) is 1. The monoisotopic (exact) mass is 271 g/mol. The Morgan fingerprint density at radius 3 is 2.80 bits per heavy atom. The van der Waals surface area contributed by atoms with Gasteiger partial charge in [0.1, 0.15) is 0 Å². The Bertz CT molecular complexity index is 595. The lowest BCUT2D eigenvalue weighted by atomic mass is 10.0. The second-order valence-corrected chi connectivity index (χ2v) is 5.48. The minimum Gasteiger partial charge on any atom is -0.323 e. The summed E-state index contributed by atoms with van der Waals surface area (Å²) in [4.78, 5) is 16.3. The average molecular weight is 271 g/mol.